The van der Waals surface area contributed by atoms with Crippen LogP contribution >= 0.6 is 0 Å². The molecule has 2 fully saturated rings. The lowest BCUT2D eigenvalue weighted by molar-refractivity contribution is -0.136. The normalized spacial score (nSPS) is 19.0. The number of hydrogen-bond acceptors (Lipinski definition) is 9. The molecule has 3 aliphatic heterocycles. The molecule has 0 atom stereocenters. The minimum absolute atomic E-state index is 0.0346. The Hall–Kier alpha value is -3.79. The number of benzene rings is 1. The highest BCUT2D eigenvalue weighted by atomic mass is 16.4. The van der Waals surface area contributed by atoms with E-state index in [9.17, 15) is 15.0 Å². The van der Waals surface area contributed by atoms with E-state index in [4.69, 9.17) is 9.97 Å². The van der Waals surface area contributed by atoms with Gasteiger partial charge in [0.2, 0.25) is 11.9 Å². The number of hydrogen-bond donors (Lipinski definition) is 2. The van der Waals surface area contributed by atoms with Gasteiger partial charge in [-0.25, -0.2) is 9.97 Å². The number of nitrogens with zero attached hydrogens (tertiary/aromatic N) is 7. The molecule has 0 bridgehead atoms. The third-order valence-electron chi connectivity index (χ3n) is 9.50. The third-order valence-corrected chi connectivity index (χ3v) is 9.50. The van der Waals surface area contributed by atoms with Crippen molar-refractivity contribution in [1.29, 1.82) is 0 Å². The number of aryl methyl sites for hydroxylation is 2. The first kappa shape index (κ1) is 29.3. The van der Waals surface area contributed by atoms with E-state index < -0.39 is 5.97 Å². The van der Waals surface area contributed by atoms with Crippen LogP contribution in [-0.4, -0.2) is 74.9 Å². The third kappa shape index (κ3) is 6.16. The van der Waals surface area contributed by atoms with Crippen molar-refractivity contribution in [3.8, 4) is 11.1 Å². The van der Waals surface area contributed by atoms with Crippen LogP contribution in [0, 0.1) is 19.3 Å². The van der Waals surface area contributed by atoms with Crippen molar-refractivity contribution in [3.63, 3.8) is 0 Å². The van der Waals surface area contributed by atoms with Crippen LogP contribution in [0.3, 0.4) is 0 Å². The number of fused-ring (bicyclic) bond motifs is 1. The van der Waals surface area contributed by atoms with Crippen molar-refractivity contribution < 1.29 is 15.0 Å². The molecule has 2 N–H and O–H groups in total. The average molecular weight is 586 g/mol. The lowest BCUT2D eigenvalue weighted by atomic mass is 9.82. The van der Waals surface area contributed by atoms with Gasteiger partial charge in [0.1, 0.15) is 6.33 Å². The molecule has 0 saturated carbocycles. The summed E-state index contributed by atoms with van der Waals surface area (Å²) in [6, 6.07) is 6.65. The Balaban J connectivity index is 1.30. The fraction of sp³-hybridized carbons (Fsp3) is 0.545. The number of carboxylic acids is 1. The van der Waals surface area contributed by atoms with Crippen LogP contribution in [0.25, 0.3) is 11.1 Å². The number of carbonyl (C=O) groups is 1. The molecule has 228 valence electrons. The molecule has 2 aromatic heterocycles. The molecular weight excluding hydrogens is 542 g/mol. The molecule has 10 nitrogen and oxygen atoms in total. The minimum atomic E-state index is -0.830. The van der Waals surface area contributed by atoms with Gasteiger partial charge in [-0.3, -0.25) is 9.78 Å². The molecule has 43 heavy (non-hydrogen) atoms. The maximum absolute atomic E-state index is 12.0. The average Bonchev–Trinajstić information content (AvgIpc) is 2.98. The molecule has 5 heterocycles. The first-order chi connectivity index (χ1) is 20.6. The predicted octanol–water partition coefficient (Wildman–Crippen LogP) is 4.33. The monoisotopic (exact) mass is 585 g/mol. The zero-order valence-electron chi connectivity index (χ0n) is 25.8. The van der Waals surface area contributed by atoms with E-state index in [1.807, 2.05) is 13.8 Å². The number of carboxylic acid groups (broad SMARTS) is 1. The van der Waals surface area contributed by atoms with E-state index in [0.717, 1.165) is 98.6 Å². The van der Waals surface area contributed by atoms with Crippen LogP contribution in [0.4, 0.5) is 17.6 Å². The van der Waals surface area contributed by atoms with Crippen LogP contribution in [0.2, 0.25) is 0 Å². The number of aliphatic hydroxyl groups is 1. The van der Waals surface area contributed by atoms with Gasteiger partial charge >= 0.3 is 5.97 Å². The second-order valence-corrected chi connectivity index (χ2v) is 13.2. The van der Waals surface area contributed by atoms with E-state index in [0.29, 0.717) is 18.4 Å². The van der Waals surface area contributed by atoms with Gasteiger partial charge in [-0.15, -0.1) is 0 Å². The van der Waals surface area contributed by atoms with Gasteiger partial charge in [0, 0.05) is 61.8 Å². The molecule has 0 spiro atoms. The molecule has 0 amide bonds. The molecule has 10 heteroatoms. The Morgan fingerprint density at radius 1 is 0.907 bits per heavy atom. The second-order valence-electron chi connectivity index (χ2n) is 13.2. The van der Waals surface area contributed by atoms with Gasteiger partial charge in [-0.1, -0.05) is 32.0 Å². The molecule has 6 rings (SSSR count). The summed E-state index contributed by atoms with van der Waals surface area (Å²) in [4.78, 5) is 37.3. The Labute approximate surface area is 253 Å². The summed E-state index contributed by atoms with van der Waals surface area (Å²) in [5, 5.41) is 19.7. The quantitative estimate of drug-likeness (QED) is 0.433. The SMILES string of the molecule is Cc1nc(C)c(-c2ccc3c(c2)CCN(c2ncnc(N4CCC(O)CC4)n2)C3)c(N2CCC(C)(C)CC2)c1CC(=O)O. The van der Waals surface area contributed by atoms with E-state index in [1.54, 1.807) is 6.33 Å². The maximum Gasteiger partial charge on any atom is 0.307 e. The van der Waals surface area contributed by atoms with Crippen LogP contribution in [0.5, 0.6) is 0 Å². The number of anilines is 3. The van der Waals surface area contributed by atoms with Gasteiger partial charge < -0.3 is 24.9 Å². The van der Waals surface area contributed by atoms with Gasteiger partial charge in [0.25, 0.3) is 0 Å². The van der Waals surface area contributed by atoms with E-state index in [2.05, 4.69) is 56.7 Å². The molecule has 3 aromatic rings. The highest BCUT2D eigenvalue weighted by Crippen LogP contribution is 2.42. The number of rotatable bonds is 6. The van der Waals surface area contributed by atoms with Gasteiger partial charge in [-0.2, -0.15) is 4.98 Å². The Morgan fingerprint density at radius 2 is 1.60 bits per heavy atom. The Bertz CT molecular complexity index is 1510. The van der Waals surface area contributed by atoms with Crippen molar-refractivity contribution in [1.82, 2.24) is 19.9 Å². The number of aliphatic carboxylic acids is 1. The topological polar surface area (TPSA) is 119 Å². The van der Waals surface area contributed by atoms with Gasteiger partial charge in [0.05, 0.1) is 18.2 Å². The molecule has 1 aromatic carbocycles. The fourth-order valence-corrected chi connectivity index (χ4v) is 6.79. The van der Waals surface area contributed by atoms with Crippen molar-refractivity contribution in [2.24, 2.45) is 5.41 Å². The van der Waals surface area contributed by atoms with Gasteiger partial charge in [0.15, 0.2) is 0 Å². The number of piperidine rings is 2. The number of aromatic nitrogens is 4. The molecule has 3 aliphatic rings. The van der Waals surface area contributed by atoms with Crippen LogP contribution < -0.4 is 14.7 Å². The highest BCUT2D eigenvalue weighted by molar-refractivity contribution is 5.86. The largest absolute Gasteiger partial charge is 0.481 e. The Morgan fingerprint density at radius 3 is 2.30 bits per heavy atom. The van der Waals surface area contributed by atoms with Crippen molar-refractivity contribution >= 4 is 23.6 Å². The molecule has 0 aliphatic carbocycles. The molecular formula is C33H43N7O3. The minimum Gasteiger partial charge on any atom is -0.481 e. The number of aliphatic hydroxyl groups excluding tert-OH is 1. The van der Waals surface area contributed by atoms with Crippen LogP contribution in [-0.2, 0) is 24.2 Å². The predicted molar refractivity (Wildman–Crippen MR) is 168 cm³/mol. The molecule has 0 radical (unpaired) electrons. The standard InChI is InChI=1S/C33H43N7O3/c1-21-27(18-28(42)43)30(38-15-10-33(3,4)11-16-38)29(22(2)36-21)24-5-6-25-19-40(12-7-23(25)17-24)32-35-20-34-31(37-32)39-13-8-26(41)9-14-39/h5-6,17,20,26,41H,7-16,18-19H2,1-4H3,(H,42,43). The summed E-state index contributed by atoms with van der Waals surface area (Å²) < 4.78 is 0. The zero-order chi connectivity index (χ0) is 30.3. The summed E-state index contributed by atoms with van der Waals surface area (Å²) in [6.45, 7) is 13.4. The fourth-order valence-electron chi connectivity index (χ4n) is 6.79. The van der Waals surface area contributed by atoms with E-state index >= 15 is 0 Å². The van der Waals surface area contributed by atoms with E-state index in [1.165, 1.54) is 11.1 Å². The number of pyridine rings is 1. The van der Waals surface area contributed by atoms with Crippen LogP contribution in [0.1, 0.15) is 67.6 Å². The van der Waals surface area contributed by atoms with Crippen molar-refractivity contribution in [2.75, 3.05) is 47.4 Å². The lowest BCUT2D eigenvalue weighted by Crippen LogP contribution is -2.38. The molecule has 0 unspecified atom stereocenters. The Kier molecular flexibility index (Phi) is 7.98. The summed E-state index contributed by atoms with van der Waals surface area (Å²) >= 11 is 0. The van der Waals surface area contributed by atoms with Crippen molar-refractivity contribution in [2.45, 2.75) is 78.9 Å². The summed E-state index contributed by atoms with van der Waals surface area (Å²) in [5.74, 6) is 0.521. The first-order valence-electron chi connectivity index (χ1n) is 15.5. The second kappa shape index (κ2) is 11.7. The molecule has 2 saturated heterocycles. The zero-order valence-corrected chi connectivity index (χ0v) is 25.8. The smallest absolute Gasteiger partial charge is 0.307 e. The summed E-state index contributed by atoms with van der Waals surface area (Å²) in [5.41, 5.74) is 8.57. The maximum atomic E-state index is 12.0. The summed E-state index contributed by atoms with van der Waals surface area (Å²) in [7, 11) is 0. The van der Waals surface area contributed by atoms with Crippen LogP contribution in [0.15, 0.2) is 24.5 Å². The van der Waals surface area contributed by atoms with Crippen molar-refractivity contribution in [3.05, 3.63) is 52.6 Å². The first-order valence-corrected chi connectivity index (χ1v) is 15.5. The highest BCUT2D eigenvalue weighted by Gasteiger charge is 2.31. The van der Waals surface area contributed by atoms with E-state index in [-0.39, 0.29) is 17.9 Å². The van der Waals surface area contributed by atoms with Gasteiger partial charge in [-0.05, 0) is 68.1 Å². The lowest BCUT2D eigenvalue weighted by Gasteiger charge is -2.40. The summed E-state index contributed by atoms with van der Waals surface area (Å²) in [6.07, 6.45) is 5.76.